The van der Waals surface area contributed by atoms with E-state index in [1.807, 2.05) is 53.8 Å². The van der Waals surface area contributed by atoms with Gasteiger partial charge in [-0.3, -0.25) is 4.79 Å². The number of rotatable bonds is 7. The highest BCUT2D eigenvalue weighted by Crippen LogP contribution is 2.44. The summed E-state index contributed by atoms with van der Waals surface area (Å²) >= 11 is 0. The van der Waals surface area contributed by atoms with Gasteiger partial charge in [-0.15, -0.1) is 0 Å². The van der Waals surface area contributed by atoms with Gasteiger partial charge in [-0.2, -0.15) is 8.78 Å². The highest BCUT2D eigenvalue weighted by Gasteiger charge is 2.40. The lowest BCUT2D eigenvalue weighted by molar-refractivity contribution is -0.138. The number of amides is 2. The third-order valence-electron chi connectivity index (χ3n) is 5.85. The van der Waals surface area contributed by atoms with Crippen LogP contribution in [0.4, 0.5) is 19.3 Å². The minimum Gasteiger partial charge on any atom is -0.478 e. The van der Waals surface area contributed by atoms with Crippen molar-refractivity contribution < 1.29 is 33.0 Å². The first-order chi connectivity index (χ1) is 16.7. The summed E-state index contributed by atoms with van der Waals surface area (Å²) in [6.45, 7) is 0.170. The molecule has 4 rings (SSSR count). The summed E-state index contributed by atoms with van der Waals surface area (Å²) in [5.41, 5.74) is 4.34. The Morgan fingerprint density at radius 2 is 1.57 bits per heavy atom. The van der Waals surface area contributed by atoms with Crippen LogP contribution in [0.1, 0.15) is 33.0 Å². The van der Waals surface area contributed by atoms with Gasteiger partial charge < -0.3 is 20.5 Å². The standard InChI is InChI=1S/C26H22F2N2O5/c1-15-12-16(23(31)32)10-11-22(15)30-24(33)26(27,28)14-29-25(34)35-13-21-19-8-4-2-6-17(19)18-7-3-5-9-20(18)21/h2-12,21H,13-14H2,1H3,(H,29,34)(H,30,33)(H,31,32). The van der Waals surface area contributed by atoms with E-state index in [1.54, 1.807) is 0 Å². The Morgan fingerprint density at radius 3 is 2.14 bits per heavy atom. The van der Waals surface area contributed by atoms with Crippen molar-refractivity contribution in [2.75, 3.05) is 18.5 Å². The number of alkyl carbamates (subject to hydrolysis) is 1. The van der Waals surface area contributed by atoms with Crippen LogP contribution < -0.4 is 10.6 Å². The number of ether oxygens (including phenoxy) is 1. The first-order valence-corrected chi connectivity index (χ1v) is 10.8. The van der Waals surface area contributed by atoms with E-state index in [2.05, 4.69) is 5.32 Å². The molecule has 3 N–H and O–H groups in total. The van der Waals surface area contributed by atoms with Crippen LogP contribution in [0.5, 0.6) is 0 Å². The van der Waals surface area contributed by atoms with Crippen LogP contribution in [0, 0.1) is 6.92 Å². The van der Waals surface area contributed by atoms with Crippen LogP contribution in [0.3, 0.4) is 0 Å². The number of benzene rings is 3. The lowest BCUT2D eigenvalue weighted by Gasteiger charge is -2.18. The number of anilines is 1. The van der Waals surface area contributed by atoms with Crippen molar-refractivity contribution in [2.45, 2.75) is 18.8 Å². The summed E-state index contributed by atoms with van der Waals surface area (Å²) in [5, 5.41) is 13.0. The minimum absolute atomic E-state index is 0.0378. The van der Waals surface area contributed by atoms with Gasteiger partial charge in [-0.1, -0.05) is 48.5 Å². The molecule has 0 saturated carbocycles. The molecule has 7 nitrogen and oxygen atoms in total. The number of nitrogens with one attached hydrogen (secondary N) is 2. The Balaban J connectivity index is 1.34. The highest BCUT2D eigenvalue weighted by atomic mass is 19.3. The summed E-state index contributed by atoms with van der Waals surface area (Å²) in [6.07, 6.45) is -1.07. The fourth-order valence-electron chi connectivity index (χ4n) is 4.06. The van der Waals surface area contributed by atoms with Crippen molar-refractivity contribution in [1.82, 2.24) is 5.32 Å². The molecule has 0 atom stereocenters. The van der Waals surface area contributed by atoms with E-state index in [-0.39, 0.29) is 23.8 Å². The maximum absolute atomic E-state index is 14.4. The van der Waals surface area contributed by atoms with Crippen LogP contribution >= 0.6 is 0 Å². The Kier molecular flexibility index (Phi) is 6.50. The average Bonchev–Trinajstić information content (AvgIpc) is 3.16. The molecule has 0 bridgehead atoms. The van der Waals surface area contributed by atoms with Crippen molar-refractivity contribution in [2.24, 2.45) is 0 Å². The third kappa shape index (κ3) is 4.98. The molecule has 9 heteroatoms. The Morgan fingerprint density at radius 1 is 0.971 bits per heavy atom. The van der Waals surface area contributed by atoms with Crippen molar-refractivity contribution in [3.8, 4) is 11.1 Å². The van der Waals surface area contributed by atoms with Gasteiger partial charge in [0.15, 0.2) is 0 Å². The van der Waals surface area contributed by atoms with E-state index in [1.165, 1.54) is 25.1 Å². The molecule has 1 aliphatic carbocycles. The first-order valence-electron chi connectivity index (χ1n) is 10.8. The Hall–Kier alpha value is -4.27. The second-order valence-corrected chi connectivity index (χ2v) is 8.17. The summed E-state index contributed by atoms with van der Waals surface area (Å²) in [5.74, 6) is -6.97. The third-order valence-corrected chi connectivity index (χ3v) is 5.85. The molecule has 180 valence electrons. The molecule has 2 amide bonds. The highest BCUT2D eigenvalue weighted by molar-refractivity contribution is 5.98. The molecule has 0 aliphatic heterocycles. The number of carbonyl (C=O) groups excluding carboxylic acids is 2. The second kappa shape index (κ2) is 9.54. The predicted octanol–water partition coefficient (Wildman–Crippen LogP) is 4.81. The number of carboxylic acid groups (broad SMARTS) is 1. The molecule has 0 radical (unpaired) electrons. The zero-order valence-corrected chi connectivity index (χ0v) is 18.7. The number of hydrogen-bond donors (Lipinski definition) is 3. The van der Waals surface area contributed by atoms with Crippen LogP contribution in [0.15, 0.2) is 66.7 Å². The zero-order valence-electron chi connectivity index (χ0n) is 18.7. The van der Waals surface area contributed by atoms with E-state index < -0.39 is 30.4 Å². The molecule has 0 fully saturated rings. The fourth-order valence-corrected chi connectivity index (χ4v) is 4.06. The van der Waals surface area contributed by atoms with E-state index in [0.29, 0.717) is 5.56 Å². The number of aromatic carboxylic acids is 1. The molecule has 3 aromatic rings. The Bertz CT molecular complexity index is 1260. The van der Waals surface area contributed by atoms with Crippen molar-refractivity contribution in [3.63, 3.8) is 0 Å². The van der Waals surface area contributed by atoms with E-state index >= 15 is 0 Å². The van der Waals surface area contributed by atoms with Crippen LogP contribution in [-0.2, 0) is 9.53 Å². The number of carboxylic acids is 1. The molecule has 35 heavy (non-hydrogen) atoms. The van der Waals surface area contributed by atoms with Gasteiger partial charge in [0.25, 0.3) is 5.91 Å². The maximum Gasteiger partial charge on any atom is 0.407 e. The van der Waals surface area contributed by atoms with Gasteiger partial charge in [-0.05, 0) is 52.9 Å². The second-order valence-electron chi connectivity index (χ2n) is 8.17. The first kappa shape index (κ1) is 23.9. The SMILES string of the molecule is Cc1cc(C(=O)O)ccc1NC(=O)C(F)(F)CNC(=O)OCC1c2ccccc2-c2ccccc21. The lowest BCUT2D eigenvalue weighted by atomic mass is 9.98. The van der Waals surface area contributed by atoms with Gasteiger partial charge in [0, 0.05) is 11.6 Å². The van der Waals surface area contributed by atoms with Crippen molar-refractivity contribution >= 4 is 23.7 Å². The Labute approximate surface area is 199 Å². The molecule has 0 aromatic heterocycles. The topological polar surface area (TPSA) is 105 Å². The lowest BCUT2D eigenvalue weighted by Crippen LogP contribution is -2.45. The summed E-state index contributed by atoms with van der Waals surface area (Å²) in [7, 11) is 0. The summed E-state index contributed by atoms with van der Waals surface area (Å²) in [6, 6.07) is 19.1. The normalized spacial score (nSPS) is 12.4. The van der Waals surface area contributed by atoms with Gasteiger partial charge >= 0.3 is 18.0 Å². The van der Waals surface area contributed by atoms with Crippen LogP contribution in [0.2, 0.25) is 0 Å². The minimum atomic E-state index is -3.93. The monoisotopic (exact) mass is 480 g/mol. The quantitative estimate of drug-likeness (QED) is 0.450. The molecule has 0 saturated heterocycles. The number of carbonyl (C=O) groups is 3. The fraction of sp³-hybridized carbons (Fsp3) is 0.192. The molecule has 0 spiro atoms. The molecule has 0 heterocycles. The van der Waals surface area contributed by atoms with Gasteiger partial charge in [0.05, 0.1) is 12.1 Å². The summed E-state index contributed by atoms with van der Waals surface area (Å²) in [4.78, 5) is 35.2. The zero-order chi connectivity index (χ0) is 25.2. The van der Waals surface area contributed by atoms with E-state index in [9.17, 15) is 23.2 Å². The molecular formula is C26H22F2N2O5. The number of aryl methyl sites for hydroxylation is 1. The maximum atomic E-state index is 14.4. The van der Waals surface area contributed by atoms with Crippen molar-refractivity contribution in [3.05, 3.63) is 89.0 Å². The number of alkyl halides is 2. The van der Waals surface area contributed by atoms with Gasteiger partial charge in [-0.25, -0.2) is 9.59 Å². The molecule has 1 aliphatic rings. The van der Waals surface area contributed by atoms with E-state index in [0.717, 1.165) is 22.3 Å². The molecule has 3 aromatic carbocycles. The average molecular weight is 480 g/mol. The summed E-state index contributed by atoms with van der Waals surface area (Å²) < 4.78 is 33.9. The largest absolute Gasteiger partial charge is 0.478 e. The molecular weight excluding hydrogens is 458 g/mol. The van der Waals surface area contributed by atoms with E-state index in [4.69, 9.17) is 9.84 Å². The molecule has 0 unspecified atom stereocenters. The van der Waals surface area contributed by atoms with Gasteiger partial charge in [0.1, 0.15) is 6.61 Å². The van der Waals surface area contributed by atoms with Gasteiger partial charge in [0.2, 0.25) is 0 Å². The predicted molar refractivity (Wildman–Crippen MR) is 125 cm³/mol. The smallest absolute Gasteiger partial charge is 0.407 e. The number of fused-ring (bicyclic) bond motifs is 3. The van der Waals surface area contributed by atoms with Crippen LogP contribution in [-0.4, -0.2) is 42.2 Å². The van der Waals surface area contributed by atoms with Crippen molar-refractivity contribution in [1.29, 1.82) is 0 Å². The number of halogens is 2. The van der Waals surface area contributed by atoms with Crippen LogP contribution in [0.25, 0.3) is 11.1 Å². The number of hydrogen-bond acceptors (Lipinski definition) is 4.